The number of imide groups is 1. The lowest BCUT2D eigenvalue weighted by atomic mass is 10.0. The SMILES string of the molecule is Cc1cc(C)c(C#Cc2cncc3cc(/C=C4/SC(=O)NC4=O)oc23)cc1C. The molecular weight excluding hydrogens is 372 g/mol. The van der Waals surface area contributed by atoms with Crippen molar-refractivity contribution in [1.82, 2.24) is 10.3 Å². The number of carbonyl (C=O) groups excluding carboxylic acids is 2. The van der Waals surface area contributed by atoms with Crippen LogP contribution in [0.15, 0.2) is 39.9 Å². The molecule has 0 spiro atoms. The normalized spacial score (nSPS) is 15.0. The topological polar surface area (TPSA) is 72.2 Å². The van der Waals surface area contributed by atoms with Crippen LogP contribution in [0.4, 0.5) is 4.79 Å². The van der Waals surface area contributed by atoms with Gasteiger partial charge in [0.2, 0.25) is 0 Å². The third kappa shape index (κ3) is 3.45. The third-order valence-electron chi connectivity index (χ3n) is 4.53. The largest absolute Gasteiger partial charge is 0.455 e. The van der Waals surface area contributed by atoms with E-state index in [0.717, 1.165) is 28.3 Å². The van der Waals surface area contributed by atoms with Gasteiger partial charge in [0.25, 0.3) is 11.1 Å². The smallest absolute Gasteiger partial charge is 0.290 e. The number of pyridine rings is 1. The van der Waals surface area contributed by atoms with Crippen LogP contribution in [-0.4, -0.2) is 16.1 Å². The lowest BCUT2D eigenvalue weighted by molar-refractivity contribution is -0.115. The first-order valence-corrected chi connectivity index (χ1v) is 9.44. The molecule has 0 saturated carbocycles. The zero-order valence-corrected chi connectivity index (χ0v) is 16.4. The van der Waals surface area contributed by atoms with E-state index in [1.54, 1.807) is 24.5 Å². The number of hydrogen-bond donors (Lipinski definition) is 1. The molecule has 1 aromatic carbocycles. The highest BCUT2D eigenvalue weighted by Gasteiger charge is 2.25. The van der Waals surface area contributed by atoms with Crippen molar-refractivity contribution in [3.05, 3.63) is 69.1 Å². The van der Waals surface area contributed by atoms with Crippen LogP contribution in [0.5, 0.6) is 0 Å². The summed E-state index contributed by atoms with van der Waals surface area (Å²) >= 11 is 0.852. The van der Waals surface area contributed by atoms with Gasteiger partial charge in [-0.3, -0.25) is 19.9 Å². The highest BCUT2D eigenvalue weighted by molar-refractivity contribution is 8.18. The zero-order chi connectivity index (χ0) is 19.8. The minimum absolute atomic E-state index is 0.301. The number of aryl methyl sites for hydroxylation is 3. The standard InChI is InChI=1S/C22H16N2O3S/c1-12-6-14(3)15(7-13(12)2)4-5-16-10-23-11-17-8-18(27-20(16)17)9-19-21(25)24-22(26)28-19/h6-11H,1-3H3,(H,24,25,26)/b19-9+. The fourth-order valence-corrected chi connectivity index (χ4v) is 3.58. The Morgan fingerprint density at radius 3 is 2.50 bits per heavy atom. The molecule has 0 atom stereocenters. The summed E-state index contributed by atoms with van der Waals surface area (Å²) in [6, 6.07) is 5.98. The lowest BCUT2D eigenvalue weighted by Crippen LogP contribution is -2.17. The summed E-state index contributed by atoms with van der Waals surface area (Å²) < 4.78 is 5.88. The Bertz CT molecular complexity index is 1240. The number of nitrogens with zero attached hydrogens (tertiary/aromatic N) is 1. The molecule has 1 saturated heterocycles. The summed E-state index contributed by atoms with van der Waals surface area (Å²) in [7, 11) is 0. The Balaban J connectivity index is 1.73. The molecule has 5 nitrogen and oxygen atoms in total. The molecule has 0 unspecified atom stereocenters. The van der Waals surface area contributed by atoms with Crippen LogP contribution in [0.1, 0.15) is 33.6 Å². The van der Waals surface area contributed by atoms with E-state index < -0.39 is 5.91 Å². The summed E-state index contributed by atoms with van der Waals surface area (Å²) in [6.45, 7) is 6.19. The lowest BCUT2D eigenvalue weighted by Gasteiger charge is -2.04. The van der Waals surface area contributed by atoms with Gasteiger partial charge in [-0.1, -0.05) is 17.9 Å². The van der Waals surface area contributed by atoms with Gasteiger partial charge < -0.3 is 4.42 Å². The number of rotatable bonds is 1. The Morgan fingerprint density at radius 1 is 1.00 bits per heavy atom. The van der Waals surface area contributed by atoms with Crippen molar-refractivity contribution in [2.45, 2.75) is 20.8 Å². The van der Waals surface area contributed by atoms with Crippen LogP contribution >= 0.6 is 11.8 Å². The summed E-state index contributed by atoms with van der Waals surface area (Å²) in [6.07, 6.45) is 4.89. The zero-order valence-electron chi connectivity index (χ0n) is 15.5. The van der Waals surface area contributed by atoms with E-state index in [-0.39, 0.29) is 5.24 Å². The van der Waals surface area contributed by atoms with Crippen LogP contribution < -0.4 is 5.32 Å². The Morgan fingerprint density at radius 2 is 1.75 bits per heavy atom. The van der Waals surface area contributed by atoms with Crippen LogP contribution in [0, 0.1) is 32.6 Å². The number of furan rings is 1. The molecule has 3 aromatic rings. The van der Waals surface area contributed by atoms with E-state index in [0.29, 0.717) is 21.8 Å². The molecule has 1 fully saturated rings. The first kappa shape index (κ1) is 18.1. The first-order valence-electron chi connectivity index (χ1n) is 8.63. The van der Waals surface area contributed by atoms with E-state index in [1.165, 1.54) is 11.1 Å². The monoisotopic (exact) mass is 388 g/mol. The number of fused-ring (bicyclic) bond motifs is 1. The molecule has 0 radical (unpaired) electrons. The highest BCUT2D eigenvalue weighted by Crippen LogP contribution is 2.29. The molecule has 138 valence electrons. The fourth-order valence-electron chi connectivity index (χ4n) is 2.92. The first-order chi connectivity index (χ1) is 13.4. The predicted molar refractivity (Wildman–Crippen MR) is 110 cm³/mol. The fraction of sp³-hybridized carbons (Fsp3) is 0.136. The molecule has 0 aliphatic carbocycles. The molecule has 1 aliphatic heterocycles. The van der Waals surface area contributed by atoms with Crippen molar-refractivity contribution in [3.8, 4) is 11.8 Å². The maximum absolute atomic E-state index is 11.7. The molecule has 0 bridgehead atoms. The second-order valence-electron chi connectivity index (χ2n) is 6.61. The molecule has 6 heteroatoms. The molecule has 1 aliphatic rings. The van der Waals surface area contributed by atoms with Crippen molar-refractivity contribution in [3.63, 3.8) is 0 Å². The van der Waals surface area contributed by atoms with Crippen LogP contribution in [-0.2, 0) is 4.79 Å². The highest BCUT2D eigenvalue weighted by atomic mass is 32.2. The average Bonchev–Trinajstić information content (AvgIpc) is 3.19. The maximum atomic E-state index is 11.7. The van der Waals surface area contributed by atoms with Gasteiger partial charge in [-0.15, -0.1) is 0 Å². The van der Waals surface area contributed by atoms with Gasteiger partial charge >= 0.3 is 0 Å². The van der Waals surface area contributed by atoms with Gasteiger partial charge in [-0.25, -0.2) is 0 Å². The number of nitrogens with one attached hydrogen (secondary N) is 1. The number of benzene rings is 1. The number of amides is 2. The van der Waals surface area contributed by atoms with Crippen molar-refractivity contribution in [2.24, 2.45) is 0 Å². The molecular formula is C22H16N2O3S. The van der Waals surface area contributed by atoms with E-state index in [2.05, 4.69) is 48.1 Å². The van der Waals surface area contributed by atoms with Crippen molar-refractivity contribution < 1.29 is 14.0 Å². The Hall–Kier alpha value is -3.30. The third-order valence-corrected chi connectivity index (χ3v) is 5.34. The number of hydrogen-bond acceptors (Lipinski definition) is 5. The molecule has 3 heterocycles. The van der Waals surface area contributed by atoms with Gasteiger partial charge in [-0.05, 0) is 61.4 Å². The minimum atomic E-state index is -0.418. The van der Waals surface area contributed by atoms with E-state index in [4.69, 9.17) is 4.42 Å². The molecule has 28 heavy (non-hydrogen) atoms. The van der Waals surface area contributed by atoms with Crippen LogP contribution in [0.2, 0.25) is 0 Å². The summed E-state index contributed by atoms with van der Waals surface area (Å²) in [5, 5.41) is 2.62. The van der Waals surface area contributed by atoms with Crippen molar-refractivity contribution in [1.29, 1.82) is 0 Å². The molecule has 1 N–H and O–H groups in total. The quantitative estimate of drug-likeness (QED) is 0.492. The van der Waals surface area contributed by atoms with Gasteiger partial charge in [0.05, 0.1) is 10.5 Å². The molecule has 2 amide bonds. The summed E-state index contributed by atoms with van der Waals surface area (Å²) in [4.78, 5) is 27.6. The molecule has 2 aromatic heterocycles. The van der Waals surface area contributed by atoms with Crippen LogP contribution in [0.3, 0.4) is 0 Å². The maximum Gasteiger partial charge on any atom is 0.290 e. The van der Waals surface area contributed by atoms with E-state index in [1.807, 2.05) is 6.92 Å². The minimum Gasteiger partial charge on any atom is -0.455 e. The van der Waals surface area contributed by atoms with Gasteiger partial charge in [-0.2, -0.15) is 0 Å². The van der Waals surface area contributed by atoms with Gasteiger partial charge in [0.15, 0.2) is 5.58 Å². The predicted octanol–water partition coefficient (Wildman–Crippen LogP) is 4.48. The summed E-state index contributed by atoms with van der Waals surface area (Å²) in [5.74, 6) is 6.41. The van der Waals surface area contributed by atoms with Gasteiger partial charge in [0.1, 0.15) is 5.76 Å². The van der Waals surface area contributed by atoms with Gasteiger partial charge in [0, 0.05) is 29.4 Å². The second-order valence-corrected chi connectivity index (χ2v) is 7.62. The van der Waals surface area contributed by atoms with E-state index in [9.17, 15) is 9.59 Å². The summed E-state index contributed by atoms with van der Waals surface area (Å²) in [5.41, 5.74) is 5.79. The Labute approximate surface area is 166 Å². The van der Waals surface area contributed by atoms with Crippen LogP contribution in [0.25, 0.3) is 17.0 Å². The number of carbonyl (C=O) groups is 2. The average molecular weight is 388 g/mol. The van der Waals surface area contributed by atoms with Crippen molar-refractivity contribution in [2.75, 3.05) is 0 Å². The number of thioether (sulfide) groups is 1. The second kappa shape index (κ2) is 7.02. The Kier molecular flexibility index (Phi) is 4.54. The number of aromatic nitrogens is 1. The molecule has 4 rings (SSSR count). The van der Waals surface area contributed by atoms with Crippen molar-refractivity contribution >= 4 is 40.0 Å². The van der Waals surface area contributed by atoms with E-state index >= 15 is 0 Å².